The van der Waals surface area contributed by atoms with Crippen LogP contribution in [-0.2, 0) is 19.4 Å². The fourth-order valence-electron chi connectivity index (χ4n) is 4.38. The first-order valence-corrected chi connectivity index (χ1v) is 19.9. The number of amides is 1. The molecule has 0 aliphatic rings. The molecule has 1 amide bonds. The minimum Gasteiger partial charge on any atom is -0.307 e. The standard InChI is InChI=1S/C16H13ClF3N5S.C10H11F3N2S.C8H10ClN3OS/c1-3-26-11-4-5-12(17)22-13(11)15-24-23-14(25(15)2)10-8-9(6-7-21-10)16(18,19)20;1-3-16-9(14-2)8-6-7(4-5-15-8)10(11,12)13;1-2-14-5-3-4-6(9)11-7(5)8(13)12-10/h4-8H,3H2,1-2H3;4-6H,3H2,1-2H3;3-4H,2,10H2,1H3,(H,12,13). The van der Waals surface area contributed by atoms with Gasteiger partial charge in [0.15, 0.2) is 11.6 Å². The molecule has 0 saturated heterocycles. The molecule has 0 unspecified atom stereocenters. The Labute approximate surface area is 341 Å². The van der Waals surface area contributed by atoms with Crippen LogP contribution in [0.5, 0.6) is 0 Å². The van der Waals surface area contributed by atoms with Crippen molar-refractivity contribution in [2.45, 2.75) is 42.9 Å². The minimum absolute atomic E-state index is 0.0767. The molecule has 0 saturated carbocycles. The normalized spacial score (nSPS) is 11.6. The van der Waals surface area contributed by atoms with E-state index in [1.807, 2.05) is 32.3 Å². The number of alkyl halides is 6. The number of rotatable bonds is 9. The molecule has 0 atom stereocenters. The molecule has 5 heterocycles. The summed E-state index contributed by atoms with van der Waals surface area (Å²) >= 11 is 16.1. The van der Waals surface area contributed by atoms with Gasteiger partial charge in [-0.25, -0.2) is 15.8 Å². The van der Waals surface area contributed by atoms with Crippen LogP contribution in [0.4, 0.5) is 26.3 Å². The van der Waals surface area contributed by atoms with E-state index < -0.39 is 29.4 Å². The molecule has 56 heavy (non-hydrogen) atoms. The molecule has 3 N–H and O–H groups in total. The molecule has 0 bridgehead atoms. The van der Waals surface area contributed by atoms with Crippen LogP contribution >= 0.6 is 58.5 Å². The molecule has 0 spiro atoms. The van der Waals surface area contributed by atoms with Crippen LogP contribution in [-0.4, -0.2) is 70.0 Å². The van der Waals surface area contributed by atoms with Crippen molar-refractivity contribution in [2.75, 3.05) is 24.3 Å². The number of nitrogens with two attached hydrogens (primary N) is 1. The van der Waals surface area contributed by atoms with Crippen molar-refractivity contribution in [3.05, 3.63) is 93.7 Å². The monoisotopic (exact) mass is 878 g/mol. The van der Waals surface area contributed by atoms with Crippen LogP contribution in [0.3, 0.4) is 0 Å². The number of pyridine rings is 4. The SMILES string of the molecule is CCSC(=NC)c1cc(C(F)(F)F)ccn1.CCSc1ccc(Cl)nc1-c1nnc(-c2cc(C(F)(F)F)ccn2)n1C.CCSc1ccc(Cl)nc1C(=O)NN. The Balaban J connectivity index is 0.000000242. The smallest absolute Gasteiger partial charge is 0.307 e. The molecule has 5 rings (SSSR count). The second-order valence-electron chi connectivity index (χ2n) is 10.5. The highest BCUT2D eigenvalue weighted by Gasteiger charge is 2.32. The van der Waals surface area contributed by atoms with E-state index in [0.29, 0.717) is 21.7 Å². The Morgan fingerprint density at radius 3 is 1.93 bits per heavy atom. The predicted octanol–water partition coefficient (Wildman–Crippen LogP) is 9.40. The molecule has 0 aliphatic carbocycles. The molecule has 0 aliphatic heterocycles. The van der Waals surface area contributed by atoms with E-state index in [1.165, 1.54) is 23.5 Å². The molecule has 0 fully saturated rings. The summed E-state index contributed by atoms with van der Waals surface area (Å²) in [5.74, 6) is 7.62. The average molecular weight is 880 g/mol. The van der Waals surface area contributed by atoms with Gasteiger partial charge in [0.05, 0.1) is 16.8 Å². The van der Waals surface area contributed by atoms with E-state index in [0.717, 1.165) is 63.7 Å². The van der Waals surface area contributed by atoms with Gasteiger partial charge in [0.25, 0.3) is 5.91 Å². The van der Waals surface area contributed by atoms with Crippen LogP contribution < -0.4 is 11.3 Å². The highest BCUT2D eigenvalue weighted by atomic mass is 35.5. The fourth-order valence-corrected chi connectivity index (χ4v) is 6.84. The van der Waals surface area contributed by atoms with Gasteiger partial charge < -0.3 is 4.57 Å². The molecule has 300 valence electrons. The Morgan fingerprint density at radius 2 is 1.36 bits per heavy atom. The summed E-state index contributed by atoms with van der Waals surface area (Å²) < 4.78 is 77.7. The van der Waals surface area contributed by atoms with Gasteiger partial charge in [-0.05, 0) is 65.8 Å². The number of nitrogen functional groups attached to an aromatic ring is 1. The predicted molar refractivity (Wildman–Crippen MR) is 211 cm³/mol. The zero-order valence-corrected chi connectivity index (χ0v) is 34.2. The summed E-state index contributed by atoms with van der Waals surface area (Å²) in [5.41, 5.74) is 1.68. The number of thioether (sulfide) groups is 3. The van der Waals surface area contributed by atoms with E-state index in [2.05, 4.69) is 35.1 Å². The first-order chi connectivity index (χ1) is 26.5. The van der Waals surface area contributed by atoms with Crippen molar-refractivity contribution in [3.63, 3.8) is 0 Å². The minimum atomic E-state index is -4.46. The number of halogens is 8. The van der Waals surface area contributed by atoms with E-state index in [4.69, 9.17) is 29.0 Å². The lowest BCUT2D eigenvalue weighted by Crippen LogP contribution is -2.31. The molecule has 5 aromatic rings. The molecule has 11 nitrogen and oxygen atoms in total. The van der Waals surface area contributed by atoms with Crippen molar-refractivity contribution < 1.29 is 31.1 Å². The van der Waals surface area contributed by atoms with Gasteiger partial charge in [0.1, 0.15) is 32.4 Å². The largest absolute Gasteiger partial charge is 0.416 e. The number of nitrogens with zero attached hydrogens (tertiary/aromatic N) is 8. The summed E-state index contributed by atoms with van der Waals surface area (Å²) in [5, 5.41) is 9.20. The quantitative estimate of drug-likeness (QED) is 0.0213. The van der Waals surface area contributed by atoms with Crippen molar-refractivity contribution in [1.82, 2.24) is 40.1 Å². The topological polar surface area (TPSA) is 150 Å². The Kier molecular flexibility index (Phi) is 17.9. The van der Waals surface area contributed by atoms with E-state index in [1.54, 1.807) is 48.6 Å². The second-order valence-corrected chi connectivity index (χ2v) is 15.2. The zero-order valence-electron chi connectivity index (χ0n) is 30.2. The maximum atomic E-state index is 12.9. The van der Waals surface area contributed by atoms with Crippen LogP contribution in [0, 0.1) is 0 Å². The lowest BCUT2D eigenvalue weighted by Gasteiger charge is -2.09. The fraction of sp³-hybridized carbons (Fsp3) is 0.294. The Bertz CT molecular complexity index is 2120. The summed E-state index contributed by atoms with van der Waals surface area (Å²) in [7, 11) is 3.19. The van der Waals surface area contributed by atoms with Crippen molar-refractivity contribution in [2.24, 2.45) is 17.9 Å². The third-order valence-electron chi connectivity index (χ3n) is 6.79. The first kappa shape index (κ1) is 46.4. The van der Waals surface area contributed by atoms with Gasteiger partial charge in [-0.15, -0.1) is 45.5 Å². The number of carbonyl (C=O) groups excluding carboxylic acids is 1. The van der Waals surface area contributed by atoms with Crippen LogP contribution in [0.1, 0.15) is 48.1 Å². The molecular weight excluding hydrogens is 846 g/mol. The van der Waals surface area contributed by atoms with Crippen LogP contribution in [0.25, 0.3) is 23.0 Å². The van der Waals surface area contributed by atoms with Crippen LogP contribution in [0.2, 0.25) is 10.3 Å². The number of hydrogen-bond acceptors (Lipinski definition) is 12. The highest BCUT2D eigenvalue weighted by molar-refractivity contribution is 8.14. The summed E-state index contributed by atoms with van der Waals surface area (Å²) in [6, 6.07) is 10.7. The summed E-state index contributed by atoms with van der Waals surface area (Å²) in [4.78, 5) is 33.0. The zero-order chi connectivity index (χ0) is 41.6. The third kappa shape index (κ3) is 13.1. The van der Waals surface area contributed by atoms with Gasteiger partial charge in [0, 0.05) is 36.3 Å². The highest BCUT2D eigenvalue weighted by Crippen LogP contribution is 2.34. The summed E-state index contributed by atoms with van der Waals surface area (Å²) in [6.45, 7) is 5.89. The Hall–Kier alpha value is -3.95. The van der Waals surface area contributed by atoms with Gasteiger partial charge in [0.2, 0.25) is 0 Å². The Morgan fingerprint density at radius 1 is 0.804 bits per heavy atom. The van der Waals surface area contributed by atoms with Crippen molar-refractivity contribution in [1.29, 1.82) is 0 Å². The molecule has 0 radical (unpaired) electrons. The van der Waals surface area contributed by atoms with Crippen molar-refractivity contribution >= 4 is 69.4 Å². The number of aliphatic imine (C=N–C) groups is 1. The number of aromatic nitrogens is 7. The lowest BCUT2D eigenvalue weighted by molar-refractivity contribution is -0.138. The van der Waals surface area contributed by atoms with E-state index >= 15 is 0 Å². The van der Waals surface area contributed by atoms with Crippen molar-refractivity contribution in [3.8, 4) is 23.0 Å². The first-order valence-electron chi connectivity index (χ1n) is 16.1. The van der Waals surface area contributed by atoms with Gasteiger partial charge in [-0.1, -0.05) is 44.0 Å². The average Bonchev–Trinajstić information content (AvgIpc) is 3.55. The second kappa shape index (κ2) is 21.5. The summed E-state index contributed by atoms with van der Waals surface area (Å²) in [6.07, 6.45) is -6.55. The van der Waals surface area contributed by atoms with Crippen LogP contribution in [0.15, 0.2) is 75.7 Å². The van der Waals surface area contributed by atoms with E-state index in [-0.39, 0.29) is 28.1 Å². The third-order valence-corrected chi connectivity index (χ3v) is 10.0. The van der Waals surface area contributed by atoms with Gasteiger partial charge in [-0.3, -0.25) is 25.2 Å². The van der Waals surface area contributed by atoms with E-state index in [9.17, 15) is 31.1 Å². The molecule has 5 aromatic heterocycles. The molecular formula is C34H34Cl2F6N10OS3. The molecule has 22 heteroatoms. The van der Waals surface area contributed by atoms with Gasteiger partial charge >= 0.3 is 12.4 Å². The number of hydrazine groups is 1. The number of nitrogens with one attached hydrogen (secondary N) is 1. The number of hydrogen-bond donors (Lipinski definition) is 2. The maximum Gasteiger partial charge on any atom is 0.416 e. The lowest BCUT2D eigenvalue weighted by atomic mass is 10.2. The molecule has 0 aromatic carbocycles. The maximum absolute atomic E-state index is 12.9. The number of carbonyl (C=O) groups is 1. The van der Waals surface area contributed by atoms with Gasteiger partial charge in [-0.2, -0.15) is 26.3 Å².